The van der Waals surface area contributed by atoms with Crippen LogP contribution in [0.3, 0.4) is 0 Å². The summed E-state index contributed by atoms with van der Waals surface area (Å²) in [5, 5.41) is 6.35. The second-order valence-corrected chi connectivity index (χ2v) is 6.44. The molecule has 0 radical (unpaired) electrons. The molecule has 1 aliphatic rings. The predicted octanol–water partition coefficient (Wildman–Crippen LogP) is 3.12. The van der Waals surface area contributed by atoms with Gasteiger partial charge < -0.3 is 20.1 Å². The molecule has 0 atom stereocenters. The van der Waals surface area contributed by atoms with E-state index in [9.17, 15) is 8.78 Å². The van der Waals surface area contributed by atoms with E-state index in [1.807, 2.05) is 0 Å². The van der Waals surface area contributed by atoms with Crippen LogP contribution in [0, 0.1) is 17.6 Å². The van der Waals surface area contributed by atoms with E-state index >= 15 is 0 Å². The number of nitrogens with one attached hydrogen (secondary N) is 2. The van der Waals surface area contributed by atoms with Crippen molar-refractivity contribution in [2.75, 3.05) is 46.6 Å². The van der Waals surface area contributed by atoms with Gasteiger partial charge in [0.25, 0.3) is 0 Å². The average molecular weight is 497 g/mol. The lowest BCUT2D eigenvalue weighted by atomic mass is 10.0. The van der Waals surface area contributed by atoms with Gasteiger partial charge in [-0.1, -0.05) is 0 Å². The van der Waals surface area contributed by atoms with Crippen molar-refractivity contribution in [1.29, 1.82) is 0 Å². The van der Waals surface area contributed by atoms with E-state index in [1.54, 1.807) is 7.05 Å². The van der Waals surface area contributed by atoms with E-state index in [2.05, 4.69) is 15.6 Å². The molecular weight excluding hydrogens is 467 g/mol. The molecule has 5 nitrogen and oxygen atoms in total. The molecule has 0 unspecified atom stereocenters. The second kappa shape index (κ2) is 14.1. The maximum Gasteiger partial charge on any atom is 0.190 e. The van der Waals surface area contributed by atoms with Crippen LogP contribution in [-0.4, -0.2) is 52.5 Å². The summed E-state index contributed by atoms with van der Waals surface area (Å²) in [6.45, 7) is 4.51. The number of hydrogen-bond acceptors (Lipinski definition) is 3. The Morgan fingerprint density at radius 2 is 1.81 bits per heavy atom. The fourth-order valence-electron chi connectivity index (χ4n) is 2.85. The van der Waals surface area contributed by atoms with Crippen LogP contribution in [0.25, 0.3) is 0 Å². The van der Waals surface area contributed by atoms with Gasteiger partial charge in [0, 0.05) is 52.6 Å². The zero-order chi connectivity index (χ0) is 18.6. The molecule has 0 bridgehead atoms. The van der Waals surface area contributed by atoms with Gasteiger partial charge in [0.2, 0.25) is 0 Å². The second-order valence-electron chi connectivity index (χ2n) is 6.44. The molecule has 1 aromatic carbocycles. The van der Waals surface area contributed by atoms with Crippen molar-refractivity contribution in [2.24, 2.45) is 10.9 Å². The predicted molar refractivity (Wildman–Crippen MR) is 114 cm³/mol. The summed E-state index contributed by atoms with van der Waals surface area (Å²) in [5.74, 6) is 0.191. The van der Waals surface area contributed by atoms with Crippen molar-refractivity contribution in [3.05, 3.63) is 35.4 Å². The summed E-state index contributed by atoms with van der Waals surface area (Å²) in [6, 6.07) is 3.56. The van der Waals surface area contributed by atoms with Gasteiger partial charge in [-0.15, -0.1) is 24.0 Å². The lowest BCUT2D eigenvalue weighted by molar-refractivity contribution is 0.0203. The third-order valence-electron chi connectivity index (χ3n) is 4.30. The molecule has 1 fully saturated rings. The molecule has 0 aliphatic carbocycles. The first-order valence-corrected chi connectivity index (χ1v) is 9.22. The largest absolute Gasteiger partial charge is 0.381 e. The molecule has 0 saturated carbocycles. The zero-order valence-electron chi connectivity index (χ0n) is 15.8. The number of guanidine groups is 1. The fourth-order valence-corrected chi connectivity index (χ4v) is 2.85. The first-order chi connectivity index (χ1) is 12.7. The zero-order valence-corrected chi connectivity index (χ0v) is 18.1. The smallest absolute Gasteiger partial charge is 0.190 e. The monoisotopic (exact) mass is 497 g/mol. The molecule has 2 rings (SSSR count). The minimum Gasteiger partial charge on any atom is -0.381 e. The van der Waals surface area contributed by atoms with Crippen LogP contribution in [-0.2, 0) is 15.9 Å². The van der Waals surface area contributed by atoms with Crippen molar-refractivity contribution in [3.8, 4) is 0 Å². The summed E-state index contributed by atoms with van der Waals surface area (Å²) in [6.07, 6.45) is 3.58. The molecule has 8 heteroatoms. The Morgan fingerprint density at radius 3 is 2.48 bits per heavy atom. The van der Waals surface area contributed by atoms with E-state index in [4.69, 9.17) is 9.47 Å². The molecule has 0 amide bonds. The van der Waals surface area contributed by atoms with Crippen LogP contribution in [0.1, 0.15) is 24.8 Å². The van der Waals surface area contributed by atoms with Gasteiger partial charge in [-0.25, -0.2) is 8.78 Å². The summed E-state index contributed by atoms with van der Waals surface area (Å²) >= 11 is 0. The van der Waals surface area contributed by atoms with Crippen molar-refractivity contribution in [3.63, 3.8) is 0 Å². The highest BCUT2D eigenvalue weighted by atomic mass is 127. The third kappa shape index (κ3) is 10.2. The van der Waals surface area contributed by atoms with Gasteiger partial charge in [-0.05, 0) is 49.3 Å². The van der Waals surface area contributed by atoms with Crippen molar-refractivity contribution in [1.82, 2.24) is 10.6 Å². The van der Waals surface area contributed by atoms with E-state index in [-0.39, 0.29) is 24.0 Å². The number of rotatable bonds is 9. The lowest BCUT2D eigenvalue weighted by Crippen LogP contribution is -2.39. The lowest BCUT2D eigenvalue weighted by Gasteiger charge is -2.21. The van der Waals surface area contributed by atoms with E-state index in [0.717, 1.165) is 51.7 Å². The maximum absolute atomic E-state index is 13.2. The summed E-state index contributed by atoms with van der Waals surface area (Å²) in [5.41, 5.74) is 0.618. The van der Waals surface area contributed by atoms with Crippen LogP contribution in [0.4, 0.5) is 8.78 Å². The van der Waals surface area contributed by atoms with Crippen LogP contribution in [0.2, 0.25) is 0 Å². The first kappa shape index (κ1) is 24.0. The highest BCUT2D eigenvalue weighted by Gasteiger charge is 2.13. The number of halogens is 3. The number of hydrogen-bond donors (Lipinski definition) is 2. The van der Waals surface area contributed by atoms with E-state index in [0.29, 0.717) is 37.0 Å². The average Bonchev–Trinajstić information content (AvgIpc) is 2.63. The first-order valence-electron chi connectivity index (χ1n) is 9.22. The van der Waals surface area contributed by atoms with Crippen LogP contribution in [0.5, 0.6) is 0 Å². The SMILES string of the molecule is CN=C(NCCCOCC1CCOCC1)NCCc1cc(F)cc(F)c1.I. The number of nitrogens with zero attached hydrogens (tertiary/aromatic N) is 1. The normalized spacial score (nSPS) is 15.3. The van der Waals surface area contributed by atoms with Gasteiger partial charge >= 0.3 is 0 Å². The molecule has 1 saturated heterocycles. The van der Waals surface area contributed by atoms with E-state index < -0.39 is 11.6 Å². The third-order valence-corrected chi connectivity index (χ3v) is 4.30. The Labute approximate surface area is 177 Å². The van der Waals surface area contributed by atoms with Crippen molar-refractivity contribution in [2.45, 2.75) is 25.7 Å². The molecular formula is C19H30F2IN3O2. The number of benzene rings is 1. The molecule has 2 N–H and O–H groups in total. The molecule has 0 aromatic heterocycles. The van der Waals surface area contributed by atoms with Crippen LogP contribution in [0.15, 0.2) is 23.2 Å². The number of ether oxygens (including phenoxy) is 2. The van der Waals surface area contributed by atoms with Crippen LogP contribution >= 0.6 is 24.0 Å². The van der Waals surface area contributed by atoms with Crippen molar-refractivity contribution < 1.29 is 18.3 Å². The Kier molecular flexibility index (Phi) is 12.5. The van der Waals surface area contributed by atoms with E-state index in [1.165, 1.54) is 12.1 Å². The molecule has 1 aromatic rings. The van der Waals surface area contributed by atoms with Gasteiger partial charge in [0.1, 0.15) is 11.6 Å². The quantitative estimate of drug-likeness (QED) is 0.238. The van der Waals surface area contributed by atoms with Gasteiger partial charge in [0.05, 0.1) is 0 Å². The fraction of sp³-hybridized carbons (Fsp3) is 0.632. The number of aliphatic imine (C=N–C) groups is 1. The Hall–Kier alpha value is -1.00. The highest BCUT2D eigenvalue weighted by molar-refractivity contribution is 14.0. The van der Waals surface area contributed by atoms with Gasteiger partial charge in [-0.3, -0.25) is 4.99 Å². The molecule has 1 heterocycles. The molecule has 0 spiro atoms. The minimum atomic E-state index is -0.553. The molecule has 27 heavy (non-hydrogen) atoms. The Bertz CT molecular complexity index is 550. The summed E-state index contributed by atoms with van der Waals surface area (Å²) < 4.78 is 37.4. The topological polar surface area (TPSA) is 54.9 Å². The minimum absolute atomic E-state index is 0. The summed E-state index contributed by atoms with van der Waals surface area (Å²) in [7, 11) is 1.69. The van der Waals surface area contributed by atoms with Crippen molar-refractivity contribution >= 4 is 29.9 Å². The molecule has 1 aliphatic heterocycles. The van der Waals surface area contributed by atoms with Gasteiger partial charge in [0.15, 0.2) is 5.96 Å². The highest BCUT2D eigenvalue weighted by Crippen LogP contribution is 2.14. The van der Waals surface area contributed by atoms with Crippen LogP contribution < -0.4 is 10.6 Å². The maximum atomic E-state index is 13.2. The van der Waals surface area contributed by atoms with Gasteiger partial charge in [-0.2, -0.15) is 0 Å². The Balaban J connectivity index is 0.00000364. The Morgan fingerprint density at radius 1 is 1.15 bits per heavy atom. The summed E-state index contributed by atoms with van der Waals surface area (Å²) in [4.78, 5) is 4.14. The molecule has 154 valence electrons. The standard InChI is InChI=1S/C19H29F2N3O2.HI/c1-22-19(24-7-3-16-11-17(20)13-18(21)12-16)23-6-2-8-26-14-15-4-9-25-10-5-15;/h11-13,15H,2-10,14H2,1H3,(H2,22,23,24);1H.